The third kappa shape index (κ3) is 5.38. The third-order valence-electron chi connectivity index (χ3n) is 4.24. The number of hydrogen-bond donors (Lipinski definition) is 3. The van der Waals surface area contributed by atoms with Gasteiger partial charge in [-0.05, 0) is 24.3 Å². The lowest BCUT2D eigenvalue weighted by Gasteiger charge is -2.29. The lowest BCUT2D eigenvalue weighted by molar-refractivity contribution is 0.168. The van der Waals surface area contributed by atoms with Gasteiger partial charge in [-0.3, -0.25) is 0 Å². The average Bonchev–Trinajstić information content (AvgIpc) is 2.49. The van der Waals surface area contributed by atoms with Gasteiger partial charge in [0.15, 0.2) is 0 Å². The smallest absolute Gasteiger partial charge is 0.315 e. The molecule has 0 aliphatic heterocycles. The van der Waals surface area contributed by atoms with Gasteiger partial charge < -0.3 is 15.7 Å². The molecule has 0 radical (unpaired) electrons. The maximum Gasteiger partial charge on any atom is 0.315 e. The summed E-state index contributed by atoms with van der Waals surface area (Å²) in [6.07, 6.45) is 4.69. The molecular weight excluding hydrogens is 264 g/mol. The molecule has 1 aromatic rings. The fourth-order valence-electron chi connectivity index (χ4n) is 2.92. The van der Waals surface area contributed by atoms with Crippen LogP contribution in [0.4, 0.5) is 4.79 Å². The van der Waals surface area contributed by atoms with E-state index < -0.39 is 6.10 Å². The topological polar surface area (TPSA) is 61.4 Å². The van der Waals surface area contributed by atoms with Crippen molar-refractivity contribution in [2.75, 3.05) is 6.54 Å². The van der Waals surface area contributed by atoms with Crippen LogP contribution in [0.5, 0.6) is 0 Å². The first-order chi connectivity index (χ1) is 10.1. The quantitative estimate of drug-likeness (QED) is 0.780. The minimum Gasteiger partial charge on any atom is -0.391 e. The Bertz CT molecular complexity index is 436. The first-order valence-electron chi connectivity index (χ1n) is 7.91. The molecule has 0 spiro atoms. The highest BCUT2D eigenvalue weighted by Gasteiger charge is 2.22. The van der Waals surface area contributed by atoms with E-state index in [9.17, 15) is 9.90 Å². The summed E-state index contributed by atoms with van der Waals surface area (Å²) in [4.78, 5) is 11.9. The van der Waals surface area contributed by atoms with Crippen LogP contribution in [0.15, 0.2) is 30.3 Å². The van der Waals surface area contributed by atoms with Gasteiger partial charge in [-0.2, -0.15) is 0 Å². The van der Waals surface area contributed by atoms with Gasteiger partial charge in [0, 0.05) is 19.0 Å². The number of aliphatic hydroxyl groups is 1. The maximum absolute atomic E-state index is 11.9. The van der Waals surface area contributed by atoms with Crippen molar-refractivity contribution in [1.29, 1.82) is 0 Å². The summed E-state index contributed by atoms with van der Waals surface area (Å²) < 4.78 is 0. The predicted octanol–water partition coefficient (Wildman–Crippen LogP) is 2.47. The zero-order valence-electron chi connectivity index (χ0n) is 12.7. The van der Waals surface area contributed by atoms with Crippen LogP contribution in [-0.4, -0.2) is 29.8 Å². The maximum atomic E-state index is 11.9. The Morgan fingerprint density at radius 1 is 1.29 bits per heavy atom. The summed E-state index contributed by atoms with van der Waals surface area (Å²) in [5.74, 6) is 0.541. The molecule has 2 amide bonds. The average molecular weight is 290 g/mol. The van der Waals surface area contributed by atoms with Crippen LogP contribution in [0.3, 0.4) is 0 Å². The summed E-state index contributed by atoms with van der Waals surface area (Å²) >= 11 is 0. The minimum absolute atomic E-state index is 0.166. The molecule has 21 heavy (non-hydrogen) atoms. The Morgan fingerprint density at radius 3 is 2.71 bits per heavy atom. The largest absolute Gasteiger partial charge is 0.391 e. The van der Waals surface area contributed by atoms with E-state index in [0.29, 0.717) is 12.3 Å². The van der Waals surface area contributed by atoms with E-state index in [1.165, 1.54) is 19.3 Å². The summed E-state index contributed by atoms with van der Waals surface area (Å²) in [7, 11) is 0. The molecule has 1 aliphatic rings. The second-order valence-corrected chi connectivity index (χ2v) is 6.07. The van der Waals surface area contributed by atoms with Gasteiger partial charge in [-0.25, -0.2) is 4.79 Å². The zero-order valence-corrected chi connectivity index (χ0v) is 12.7. The Morgan fingerprint density at radius 2 is 2.00 bits per heavy atom. The summed E-state index contributed by atoms with van der Waals surface area (Å²) in [6, 6.07) is 9.91. The van der Waals surface area contributed by atoms with Crippen molar-refractivity contribution in [1.82, 2.24) is 10.6 Å². The Balaban J connectivity index is 1.68. The first-order valence-corrected chi connectivity index (χ1v) is 7.91. The Labute approximate surface area is 126 Å². The number of hydrogen-bond acceptors (Lipinski definition) is 2. The molecule has 0 bridgehead atoms. The van der Waals surface area contributed by atoms with E-state index in [1.807, 2.05) is 30.3 Å². The van der Waals surface area contributed by atoms with E-state index in [-0.39, 0.29) is 18.6 Å². The van der Waals surface area contributed by atoms with Gasteiger partial charge in [0.05, 0.1) is 6.10 Å². The van der Waals surface area contributed by atoms with E-state index in [1.54, 1.807) is 0 Å². The van der Waals surface area contributed by atoms with Crippen LogP contribution in [-0.2, 0) is 6.42 Å². The number of rotatable bonds is 5. The number of urea groups is 1. The molecule has 3 N–H and O–H groups in total. The molecule has 1 aliphatic carbocycles. The Hall–Kier alpha value is -1.55. The summed E-state index contributed by atoms with van der Waals surface area (Å²) in [5.41, 5.74) is 1.08. The third-order valence-corrected chi connectivity index (χ3v) is 4.24. The van der Waals surface area contributed by atoms with E-state index in [4.69, 9.17) is 0 Å². The van der Waals surface area contributed by atoms with Crippen molar-refractivity contribution in [2.24, 2.45) is 5.92 Å². The Kier molecular flexibility index (Phi) is 6.05. The van der Waals surface area contributed by atoms with Gasteiger partial charge in [-0.1, -0.05) is 50.1 Å². The van der Waals surface area contributed by atoms with Crippen LogP contribution < -0.4 is 10.6 Å². The van der Waals surface area contributed by atoms with Crippen molar-refractivity contribution in [3.8, 4) is 0 Å². The van der Waals surface area contributed by atoms with Crippen LogP contribution in [0.2, 0.25) is 0 Å². The molecule has 0 aromatic heterocycles. The highest BCUT2D eigenvalue weighted by molar-refractivity contribution is 5.74. The lowest BCUT2D eigenvalue weighted by Crippen LogP contribution is -2.47. The number of carbonyl (C=O) groups excluding carboxylic acids is 1. The normalized spacial score (nSPS) is 23.3. The number of carbonyl (C=O) groups is 1. The van der Waals surface area contributed by atoms with Crippen molar-refractivity contribution in [3.63, 3.8) is 0 Å². The molecule has 2 rings (SSSR count). The van der Waals surface area contributed by atoms with Crippen molar-refractivity contribution in [3.05, 3.63) is 35.9 Å². The van der Waals surface area contributed by atoms with Crippen LogP contribution >= 0.6 is 0 Å². The molecule has 3 atom stereocenters. The van der Waals surface area contributed by atoms with Crippen molar-refractivity contribution >= 4 is 6.03 Å². The minimum atomic E-state index is -0.554. The number of benzene rings is 1. The standard InChI is InChI=1S/C17H26N2O2/c1-13-7-5-6-10-16(13)19-17(21)18-12-15(20)11-14-8-3-2-4-9-14/h2-4,8-9,13,15-16,20H,5-7,10-12H2,1H3,(H2,18,19,21). The lowest BCUT2D eigenvalue weighted by atomic mass is 9.86. The van der Waals surface area contributed by atoms with E-state index >= 15 is 0 Å². The van der Waals surface area contributed by atoms with Gasteiger partial charge in [0.25, 0.3) is 0 Å². The highest BCUT2D eigenvalue weighted by atomic mass is 16.3. The molecule has 1 saturated carbocycles. The van der Waals surface area contributed by atoms with Crippen LogP contribution in [0.1, 0.15) is 38.2 Å². The highest BCUT2D eigenvalue weighted by Crippen LogP contribution is 2.23. The number of amides is 2. The van der Waals surface area contributed by atoms with Crippen molar-refractivity contribution < 1.29 is 9.90 Å². The van der Waals surface area contributed by atoms with Crippen LogP contribution in [0.25, 0.3) is 0 Å². The monoisotopic (exact) mass is 290 g/mol. The second kappa shape index (κ2) is 8.03. The predicted molar refractivity (Wildman–Crippen MR) is 84.1 cm³/mol. The second-order valence-electron chi connectivity index (χ2n) is 6.07. The molecule has 4 heteroatoms. The van der Waals surface area contributed by atoms with Crippen LogP contribution in [0, 0.1) is 5.92 Å². The summed E-state index contributed by atoms with van der Waals surface area (Å²) in [5, 5.41) is 15.8. The van der Waals surface area contributed by atoms with Gasteiger partial charge >= 0.3 is 6.03 Å². The molecule has 1 aromatic carbocycles. The molecule has 0 heterocycles. The zero-order chi connectivity index (χ0) is 15.1. The molecule has 116 valence electrons. The molecule has 1 fully saturated rings. The van der Waals surface area contributed by atoms with Crippen molar-refractivity contribution in [2.45, 2.75) is 51.2 Å². The molecule has 3 unspecified atom stereocenters. The molecular formula is C17H26N2O2. The number of nitrogens with one attached hydrogen (secondary N) is 2. The van der Waals surface area contributed by atoms with Gasteiger partial charge in [0.1, 0.15) is 0 Å². The van der Waals surface area contributed by atoms with Gasteiger partial charge in [-0.15, -0.1) is 0 Å². The van der Waals surface area contributed by atoms with E-state index in [0.717, 1.165) is 12.0 Å². The first kappa shape index (κ1) is 15.8. The van der Waals surface area contributed by atoms with E-state index in [2.05, 4.69) is 17.6 Å². The fourth-order valence-corrected chi connectivity index (χ4v) is 2.92. The number of aliphatic hydroxyl groups excluding tert-OH is 1. The fraction of sp³-hybridized carbons (Fsp3) is 0.588. The summed E-state index contributed by atoms with van der Waals surface area (Å²) in [6.45, 7) is 2.47. The molecule has 4 nitrogen and oxygen atoms in total. The van der Waals surface area contributed by atoms with Gasteiger partial charge in [0.2, 0.25) is 0 Å². The SMILES string of the molecule is CC1CCCCC1NC(=O)NCC(O)Cc1ccccc1. The molecule has 0 saturated heterocycles.